The second-order valence-corrected chi connectivity index (χ2v) is 9.98. The van der Waals surface area contributed by atoms with Gasteiger partial charge in [-0.1, -0.05) is 72.8 Å². The first-order chi connectivity index (χ1) is 19.8. The molecule has 206 valence electrons. The summed E-state index contributed by atoms with van der Waals surface area (Å²) in [6.45, 7) is 6.10. The first kappa shape index (κ1) is 27.4. The molecule has 0 unspecified atom stereocenters. The van der Waals surface area contributed by atoms with Crippen molar-refractivity contribution in [2.24, 2.45) is 4.99 Å². The standard InChI is InChI=1S/C34H31N3O4/c1-4-40-27-20-18-26(19-21-27)34(2,3)33(39)36-37-31(25-13-7-5-8-14-25)35-30(32(37)38)23-24-12-11-17-29(22-24)41-28-15-9-6-10-16-28/h5-23H,4H2,1-3H3,(H,36,39)/b30-23-. The van der Waals surface area contributed by atoms with Crippen LogP contribution in [-0.2, 0) is 15.0 Å². The maximum absolute atomic E-state index is 13.7. The highest BCUT2D eigenvalue weighted by atomic mass is 16.5. The third-order valence-electron chi connectivity index (χ3n) is 6.70. The Hall–Kier alpha value is -5.17. The lowest BCUT2D eigenvalue weighted by molar-refractivity contribution is -0.136. The van der Waals surface area contributed by atoms with Gasteiger partial charge < -0.3 is 9.47 Å². The largest absolute Gasteiger partial charge is 0.494 e. The van der Waals surface area contributed by atoms with E-state index in [1.165, 1.54) is 5.01 Å². The summed E-state index contributed by atoms with van der Waals surface area (Å²) in [5, 5.41) is 1.23. The van der Waals surface area contributed by atoms with Gasteiger partial charge in [-0.15, -0.1) is 0 Å². The second kappa shape index (κ2) is 11.9. The van der Waals surface area contributed by atoms with E-state index in [-0.39, 0.29) is 11.6 Å². The first-order valence-electron chi connectivity index (χ1n) is 13.4. The van der Waals surface area contributed by atoms with Crippen LogP contribution in [0.15, 0.2) is 120 Å². The molecule has 1 N–H and O–H groups in total. The SMILES string of the molecule is CCOc1ccc(C(C)(C)C(=O)NN2C(=O)/C(=C/c3cccc(Oc4ccccc4)c3)N=C2c2ccccc2)cc1. The Morgan fingerprint density at radius 1 is 0.854 bits per heavy atom. The number of hydrogen-bond donors (Lipinski definition) is 1. The van der Waals surface area contributed by atoms with Crippen LogP contribution in [0, 0.1) is 0 Å². The number of nitrogens with one attached hydrogen (secondary N) is 1. The van der Waals surface area contributed by atoms with Crippen LogP contribution < -0.4 is 14.9 Å². The lowest BCUT2D eigenvalue weighted by atomic mass is 9.84. The van der Waals surface area contributed by atoms with Gasteiger partial charge in [0.1, 0.15) is 22.9 Å². The van der Waals surface area contributed by atoms with Crippen molar-refractivity contribution in [1.29, 1.82) is 0 Å². The van der Waals surface area contributed by atoms with Crippen molar-refractivity contribution in [3.8, 4) is 17.2 Å². The van der Waals surface area contributed by atoms with E-state index in [1.807, 2.05) is 130 Å². The molecular weight excluding hydrogens is 514 g/mol. The number of hydrazine groups is 1. The minimum Gasteiger partial charge on any atom is -0.494 e. The number of para-hydroxylation sites is 1. The highest BCUT2D eigenvalue weighted by molar-refractivity contribution is 6.20. The van der Waals surface area contributed by atoms with Gasteiger partial charge >= 0.3 is 0 Å². The van der Waals surface area contributed by atoms with Gasteiger partial charge in [0.2, 0.25) is 5.91 Å². The highest BCUT2D eigenvalue weighted by Crippen LogP contribution is 2.28. The molecule has 4 aromatic rings. The maximum Gasteiger partial charge on any atom is 0.297 e. The molecule has 5 rings (SSSR count). The number of rotatable bonds is 9. The number of hydrogen-bond acceptors (Lipinski definition) is 5. The average Bonchev–Trinajstić information content (AvgIpc) is 3.29. The Balaban J connectivity index is 1.42. The van der Waals surface area contributed by atoms with Crippen LogP contribution in [0.4, 0.5) is 0 Å². The van der Waals surface area contributed by atoms with E-state index in [9.17, 15) is 9.59 Å². The van der Waals surface area contributed by atoms with Crippen LogP contribution >= 0.6 is 0 Å². The Bertz CT molecular complexity index is 1590. The van der Waals surface area contributed by atoms with Crippen LogP contribution in [0.3, 0.4) is 0 Å². The number of amidine groups is 1. The average molecular weight is 546 g/mol. The van der Waals surface area contributed by atoms with E-state index in [0.717, 1.165) is 16.9 Å². The Morgan fingerprint density at radius 3 is 2.20 bits per heavy atom. The maximum atomic E-state index is 13.7. The predicted octanol–water partition coefficient (Wildman–Crippen LogP) is 6.52. The lowest BCUT2D eigenvalue weighted by Gasteiger charge is -2.28. The molecule has 0 bridgehead atoms. The molecule has 0 fully saturated rings. The third-order valence-corrected chi connectivity index (χ3v) is 6.70. The zero-order chi connectivity index (χ0) is 28.8. The molecule has 0 spiro atoms. The van der Waals surface area contributed by atoms with Gasteiger partial charge in [0.25, 0.3) is 5.91 Å². The van der Waals surface area contributed by atoms with E-state index in [4.69, 9.17) is 9.47 Å². The molecule has 7 heteroatoms. The van der Waals surface area contributed by atoms with Gasteiger partial charge in [-0.25, -0.2) is 4.99 Å². The van der Waals surface area contributed by atoms with Gasteiger partial charge in [0.05, 0.1) is 12.0 Å². The lowest BCUT2D eigenvalue weighted by Crippen LogP contribution is -2.52. The van der Waals surface area contributed by atoms with Gasteiger partial charge in [0.15, 0.2) is 5.84 Å². The molecule has 0 aliphatic carbocycles. The molecular formula is C34H31N3O4. The molecule has 0 aromatic heterocycles. The molecule has 1 heterocycles. The van der Waals surface area contributed by atoms with E-state index >= 15 is 0 Å². The van der Waals surface area contributed by atoms with Gasteiger partial charge in [0, 0.05) is 5.56 Å². The van der Waals surface area contributed by atoms with Gasteiger partial charge in [-0.2, -0.15) is 5.01 Å². The monoisotopic (exact) mass is 545 g/mol. The number of aliphatic imine (C=N–C) groups is 1. The van der Waals surface area contributed by atoms with Gasteiger partial charge in [-0.05, 0) is 74.4 Å². The van der Waals surface area contributed by atoms with Gasteiger partial charge in [-0.3, -0.25) is 15.0 Å². The molecule has 7 nitrogen and oxygen atoms in total. The minimum atomic E-state index is -0.942. The van der Waals surface area contributed by atoms with Crippen LogP contribution in [0.25, 0.3) is 6.08 Å². The fourth-order valence-electron chi connectivity index (χ4n) is 4.36. The summed E-state index contributed by atoms with van der Waals surface area (Å²) in [4.78, 5) is 31.9. The quantitative estimate of drug-likeness (QED) is 0.243. The summed E-state index contributed by atoms with van der Waals surface area (Å²) in [5.41, 5.74) is 4.31. The van der Waals surface area contributed by atoms with Crippen molar-refractivity contribution < 1.29 is 19.1 Å². The van der Waals surface area contributed by atoms with Crippen LogP contribution in [-0.4, -0.2) is 29.3 Å². The Labute approximate surface area is 239 Å². The molecule has 1 aliphatic heterocycles. The minimum absolute atomic E-state index is 0.194. The van der Waals surface area contributed by atoms with E-state index in [2.05, 4.69) is 10.4 Å². The smallest absolute Gasteiger partial charge is 0.297 e. The van der Waals surface area contributed by atoms with E-state index in [1.54, 1.807) is 6.08 Å². The third kappa shape index (κ3) is 6.20. The number of benzene rings is 4. The molecule has 0 atom stereocenters. The number of ether oxygens (including phenoxy) is 2. The number of carbonyl (C=O) groups is 2. The summed E-state index contributed by atoms with van der Waals surface area (Å²) in [5.74, 6) is 1.63. The van der Waals surface area contributed by atoms with E-state index in [0.29, 0.717) is 29.5 Å². The van der Waals surface area contributed by atoms with Crippen molar-refractivity contribution in [2.45, 2.75) is 26.2 Å². The molecule has 0 radical (unpaired) electrons. The molecule has 2 amide bonds. The predicted molar refractivity (Wildman–Crippen MR) is 160 cm³/mol. The number of carbonyl (C=O) groups excluding carboxylic acids is 2. The topological polar surface area (TPSA) is 80.2 Å². The zero-order valence-electron chi connectivity index (χ0n) is 23.2. The van der Waals surface area contributed by atoms with Crippen LogP contribution in [0.5, 0.6) is 17.2 Å². The Morgan fingerprint density at radius 2 is 1.51 bits per heavy atom. The molecule has 0 saturated heterocycles. The number of amides is 2. The van der Waals surface area contributed by atoms with E-state index < -0.39 is 11.3 Å². The Kier molecular flexibility index (Phi) is 7.97. The summed E-state index contributed by atoms with van der Waals surface area (Å²) >= 11 is 0. The molecule has 4 aromatic carbocycles. The van der Waals surface area contributed by atoms with Crippen LogP contribution in [0.1, 0.15) is 37.5 Å². The fourth-order valence-corrected chi connectivity index (χ4v) is 4.36. The number of nitrogens with zero attached hydrogens (tertiary/aromatic N) is 2. The zero-order valence-corrected chi connectivity index (χ0v) is 23.2. The van der Waals surface area contributed by atoms with Crippen molar-refractivity contribution in [2.75, 3.05) is 6.61 Å². The fraction of sp³-hybridized carbons (Fsp3) is 0.147. The first-order valence-corrected chi connectivity index (χ1v) is 13.4. The highest BCUT2D eigenvalue weighted by Gasteiger charge is 2.37. The summed E-state index contributed by atoms with van der Waals surface area (Å²) in [6, 6.07) is 33.6. The summed E-state index contributed by atoms with van der Waals surface area (Å²) in [7, 11) is 0. The van der Waals surface area contributed by atoms with Crippen molar-refractivity contribution in [3.63, 3.8) is 0 Å². The normalized spacial score (nSPS) is 14.1. The summed E-state index contributed by atoms with van der Waals surface area (Å²) in [6.07, 6.45) is 1.69. The summed E-state index contributed by atoms with van der Waals surface area (Å²) < 4.78 is 11.5. The van der Waals surface area contributed by atoms with Crippen molar-refractivity contribution >= 4 is 23.7 Å². The van der Waals surface area contributed by atoms with Crippen molar-refractivity contribution in [1.82, 2.24) is 10.4 Å². The van der Waals surface area contributed by atoms with Crippen LogP contribution in [0.2, 0.25) is 0 Å². The second-order valence-electron chi connectivity index (χ2n) is 9.98. The molecule has 0 saturated carbocycles. The molecule has 41 heavy (non-hydrogen) atoms. The molecule has 1 aliphatic rings. The van der Waals surface area contributed by atoms with Crippen molar-refractivity contribution in [3.05, 3.63) is 132 Å².